The molecular formula is C20H19N3O5S. The summed E-state index contributed by atoms with van der Waals surface area (Å²) in [6, 6.07) is 11.8. The molecule has 150 valence electrons. The Morgan fingerprint density at radius 2 is 1.48 bits per heavy atom. The molecule has 9 heteroatoms. The Hall–Kier alpha value is -3.59. The maximum absolute atomic E-state index is 12.5. The highest BCUT2D eigenvalue weighted by Crippen LogP contribution is 2.37. The minimum absolute atomic E-state index is 0.275. The van der Waals surface area contributed by atoms with Gasteiger partial charge in [0, 0.05) is 23.4 Å². The van der Waals surface area contributed by atoms with E-state index in [2.05, 4.69) is 15.6 Å². The number of methoxy groups -OCH3 is 2. The molecule has 0 atom stereocenters. The van der Waals surface area contributed by atoms with Crippen LogP contribution in [-0.2, 0) is 0 Å². The average Bonchev–Trinajstić information content (AvgIpc) is 3.07. The van der Waals surface area contributed by atoms with Gasteiger partial charge in [-0.3, -0.25) is 14.4 Å². The van der Waals surface area contributed by atoms with Crippen molar-refractivity contribution in [2.45, 2.75) is 6.92 Å². The fourth-order valence-electron chi connectivity index (χ4n) is 2.68. The van der Waals surface area contributed by atoms with E-state index >= 15 is 0 Å². The summed E-state index contributed by atoms with van der Waals surface area (Å²) in [6.07, 6.45) is 0. The molecule has 2 amide bonds. The van der Waals surface area contributed by atoms with Gasteiger partial charge < -0.3 is 25.1 Å². The van der Waals surface area contributed by atoms with Crippen molar-refractivity contribution in [3.05, 3.63) is 68.3 Å². The zero-order chi connectivity index (χ0) is 21.0. The molecule has 8 nitrogen and oxygen atoms in total. The first-order valence-corrected chi connectivity index (χ1v) is 9.38. The number of carbonyl (C=O) groups excluding carboxylic acids is 2. The summed E-state index contributed by atoms with van der Waals surface area (Å²) in [5, 5.41) is 5.49. The van der Waals surface area contributed by atoms with E-state index < -0.39 is 5.91 Å². The van der Waals surface area contributed by atoms with Crippen LogP contribution in [0.25, 0.3) is 0 Å². The maximum atomic E-state index is 12.5. The van der Waals surface area contributed by atoms with Crippen LogP contribution >= 0.6 is 11.3 Å². The van der Waals surface area contributed by atoms with Gasteiger partial charge in [0.1, 0.15) is 16.4 Å². The Balaban J connectivity index is 1.90. The molecule has 3 rings (SSSR count). The van der Waals surface area contributed by atoms with Crippen molar-refractivity contribution in [3.63, 3.8) is 0 Å². The molecule has 0 fully saturated rings. The Labute approximate surface area is 170 Å². The number of H-pyrrole nitrogens is 1. The number of ether oxygens (including phenoxy) is 2. The fourth-order valence-corrected chi connectivity index (χ4v) is 3.41. The largest absolute Gasteiger partial charge is 0.494 e. The van der Waals surface area contributed by atoms with E-state index in [1.807, 2.05) is 6.07 Å². The van der Waals surface area contributed by atoms with Crippen LogP contribution < -0.4 is 25.0 Å². The SMILES string of the molecule is COc1cc(NC(=O)c2sc(=O)[nH]c2C)c(OC)cc1NC(=O)c1ccccc1. The number of anilines is 2. The van der Waals surface area contributed by atoms with Crippen LogP contribution in [-0.4, -0.2) is 31.0 Å². The summed E-state index contributed by atoms with van der Waals surface area (Å²) in [4.78, 5) is 39.0. The fraction of sp³-hybridized carbons (Fsp3) is 0.150. The molecule has 2 aromatic carbocycles. The molecule has 0 spiro atoms. The summed E-state index contributed by atoms with van der Waals surface area (Å²) < 4.78 is 10.7. The number of thiazole rings is 1. The first-order chi connectivity index (χ1) is 13.9. The lowest BCUT2D eigenvalue weighted by Crippen LogP contribution is -2.15. The van der Waals surface area contributed by atoms with Crippen molar-refractivity contribution in [3.8, 4) is 11.5 Å². The van der Waals surface area contributed by atoms with Crippen LogP contribution in [0.2, 0.25) is 0 Å². The third-order valence-electron chi connectivity index (χ3n) is 4.09. The molecule has 0 saturated carbocycles. The number of amides is 2. The lowest BCUT2D eigenvalue weighted by Gasteiger charge is -2.16. The highest BCUT2D eigenvalue weighted by molar-refractivity contribution is 7.11. The van der Waals surface area contributed by atoms with E-state index in [9.17, 15) is 14.4 Å². The number of nitrogens with one attached hydrogen (secondary N) is 3. The molecule has 0 unspecified atom stereocenters. The van der Waals surface area contributed by atoms with Crippen LogP contribution in [0.15, 0.2) is 47.3 Å². The predicted octanol–water partition coefficient (Wildman–Crippen LogP) is 3.27. The van der Waals surface area contributed by atoms with Gasteiger partial charge in [-0.05, 0) is 19.1 Å². The Morgan fingerprint density at radius 1 is 0.931 bits per heavy atom. The number of rotatable bonds is 6. The van der Waals surface area contributed by atoms with E-state index in [1.54, 1.807) is 43.3 Å². The predicted molar refractivity (Wildman–Crippen MR) is 112 cm³/mol. The van der Waals surface area contributed by atoms with Crippen LogP contribution in [0.5, 0.6) is 11.5 Å². The highest BCUT2D eigenvalue weighted by Gasteiger charge is 2.19. The zero-order valence-electron chi connectivity index (χ0n) is 16.0. The van der Waals surface area contributed by atoms with Crippen molar-refractivity contribution < 1.29 is 19.1 Å². The molecule has 0 aliphatic heterocycles. The molecule has 0 radical (unpaired) electrons. The Morgan fingerprint density at radius 3 is 1.97 bits per heavy atom. The molecule has 1 heterocycles. The number of benzene rings is 2. The molecule has 29 heavy (non-hydrogen) atoms. The quantitative estimate of drug-likeness (QED) is 0.575. The van der Waals surface area contributed by atoms with Gasteiger partial charge in [-0.15, -0.1) is 0 Å². The summed E-state index contributed by atoms with van der Waals surface area (Å²) in [7, 11) is 2.90. The molecule has 0 aliphatic carbocycles. The van der Waals surface area contributed by atoms with Gasteiger partial charge in [-0.1, -0.05) is 29.5 Å². The van der Waals surface area contributed by atoms with Crippen LogP contribution in [0.3, 0.4) is 0 Å². The number of carbonyl (C=O) groups is 2. The number of hydrogen-bond donors (Lipinski definition) is 3. The van der Waals surface area contributed by atoms with E-state index in [1.165, 1.54) is 14.2 Å². The van der Waals surface area contributed by atoms with Gasteiger partial charge in [0.05, 0.1) is 25.6 Å². The van der Waals surface area contributed by atoms with Gasteiger partial charge in [-0.2, -0.15) is 0 Å². The van der Waals surface area contributed by atoms with Crippen molar-refractivity contribution in [1.82, 2.24) is 4.98 Å². The third kappa shape index (κ3) is 4.46. The minimum atomic E-state index is -0.452. The smallest absolute Gasteiger partial charge is 0.305 e. The lowest BCUT2D eigenvalue weighted by molar-refractivity contribution is 0.101. The molecule has 0 saturated heterocycles. The minimum Gasteiger partial charge on any atom is -0.494 e. The van der Waals surface area contributed by atoms with Crippen LogP contribution in [0.4, 0.5) is 11.4 Å². The molecular weight excluding hydrogens is 394 g/mol. The maximum Gasteiger partial charge on any atom is 0.305 e. The molecule has 3 aromatic rings. The van der Waals surface area contributed by atoms with Gasteiger partial charge in [0.25, 0.3) is 11.8 Å². The normalized spacial score (nSPS) is 10.3. The number of aryl methyl sites for hydroxylation is 1. The van der Waals surface area contributed by atoms with Crippen LogP contribution in [0.1, 0.15) is 25.7 Å². The van der Waals surface area contributed by atoms with Crippen LogP contribution in [0, 0.1) is 6.92 Å². The monoisotopic (exact) mass is 413 g/mol. The van der Waals surface area contributed by atoms with E-state index in [0.29, 0.717) is 34.1 Å². The van der Waals surface area contributed by atoms with Gasteiger partial charge in [0.15, 0.2) is 0 Å². The van der Waals surface area contributed by atoms with Crippen molar-refractivity contribution >= 4 is 34.5 Å². The Bertz CT molecular complexity index is 1110. The zero-order valence-corrected chi connectivity index (χ0v) is 16.8. The standard InChI is InChI=1S/C20H19N3O5S/c1-11-17(29-20(26)21-11)19(25)23-14-10-15(27-2)13(9-16(14)28-3)22-18(24)12-7-5-4-6-8-12/h4-10H,1-3H3,(H,21,26)(H,22,24)(H,23,25). The lowest BCUT2D eigenvalue weighted by atomic mass is 10.2. The van der Waals surface area contributed by atoms with Crippen molar-refractivity contribution in [2.24, 2.45) is 0 Å². The summed E-state index contributed by atoms with van der Waals surface area (Å²) >= 11 is 0.822. The van der Waals surface area contributed by atoms with E-state index in [0.717, 1.165) is 11.3 Å². The molecule has 0 aliphatic rings. The molecule has 1 aromatic heterocycles. The van der Waals surface area contributed by atoms with Gasteiger partial charge in [-0.25, -0.2) is 0 Å². The van der Waals surface area contributed by atoms with Crippen molar-refractivity contribution in [1.29, 1.82) is 0 Å². The second kappa shape index (κ2) is 8.61. The number of aromatic nitrogens is 1. The second-order valence-electron chi connectivity index (χ2n) is 6.00. The summed E-state index contributed by atoms with van der Waals surface area (Å²) in [6.45, 7) is 1.65. The summed E-state index contributed by atoms with van der Waals surface area (Å²) in [5.74, 6) is -0.102. The van der Waals surface area contributed by atoms with Gasteiger partial charge >= 0.3 is 4.87 Å². The van der Waals surface area contributed by atoms with Gasteiger partial charge in [0.2, 0.25) is 0 Å². The first kappa shape index (κ1) is 20.2. The molecule has 0 bridgehead atoms. The first-order valence-electron chi connectivity index (χ1n) is 8.56. The Kier molecular flexibility index (Phi) is 5.99. The number of hydrogen-bond acceptors (Lipinski definition) is 6. The average molecular weight is 413 g/mol. The van der Waals surface area contributed by atoms with Crippen molar-refractivity contribution in [2.75, 3.05) is 24.9 Å². The second-order valence-corrected chi connectivity index (χ2v) is 6.98. The third-order valence-corrected chi connectivity index (χ3v) is 5.07. The number of aromatic amines is 1. The van der Waals surface area contributed by atoms with E-state index in [4.69, 9.17) is 9.47 Å². The topological polar surface area (TPSA) is 110 Å². The summed E-state index contributed by atoms with van der Waals surface area (Å²) in [5.41, 5.74) is 1.70. The molecule has 3 N–H and O–H groups in total. The highest BCUT2D eigenvalue weighted by atomic mass is 32.1. The van der Waals surface area contributed by atoms with E-state index in [-0.39, 0.29) is 15.7 Å².